The van der Waals surface area contributed by atoms with Gasteiger partial charge in [0.1, 0.15) is 0 Å². The van der Waals surface area contributed by atoms with Crippen molar-refractivity contribution >= 4 is 5.91 Å². The number of nitrogens with zero attached hydrogens (tertiary/aromatic N) is 2. The number of nitrogens with one attached hydrogen (secondary N) is 1. The Morgan fingerprint density at radius 2 is 2.28 bits per heavy atom. The average molecular weight is 253 g/mol. The minimum absolute atomic E-state index is 0.0522. The molecule has 1 saturated heterocycles. The predicted octanol–water partition coefficient (Wildman–Crippen LogP) is -0.0691. The highest BCUT2D eigenvalue weighted by molar-refractivity contribution is 5.75. The van der Waals surface area contributed by atoms with E-state index in [0.717, 1.165) is 0 Å². The quantitative estimate of drug-likeness (QED) is 0.770. The summed E-state index contributed by atoms with van der Waals surface area (Å²) in [5.74, 6) is -0.0522. The summed E-state index contributed by atoms with van der Waals surface area (Å²) < 4.78 is 7.04. The number of aromatic nitrogens is 2. The van der Waals surface area contributed by atoms with E-state index in [1.54, 1.807) is 12.5 Å². The summed E-state index contributed by atoms with van der Waals surface area (Å²) in [5.41, 5.74) is -0.803. The molecule has 1 aromatic heterocycles. The van der Waals surface area contributed by atoms with E-state index >= 15 is 0 Å². The van der Waals surface area contributed by atoms with Gasteiger partial charge in [-0.25, -0.2) is 4.98 Å². The van der Waals surface area contributed by atoms with Crippen molar-refractivity contribution in [1.29, 1.82) is 0 Å². The van der Waals surface area contributed by atoms with Crippen LogP contribution in [0.3, 0.4) is 0 Å². The lowest BCUT2D eigenvalue weighted by Gasteiger charge is -2.32. The normalized spacial score (nSPS) is 18.5. The number of ether oxygens (including phenoxy) is 1. The number of carbonyl (C=O) groups is 1. The first-order valence-electron chi connectivity index (χ1n) is 6.21. The fraction of sp³-hybridized carbons (Fsp3) is 0.667. The van der Waals surface area contributed by atoms with Gasteiger partial charge in [-0.1, -0.05) is 0 Å². The highest BCUT2D eigenvalue weighted by atomic mass is 16.5. The molecule has 2 heterocycles. The van der Waals surface area contributed by atoms with E-state index in [4.69, 9.17) is 4.74 Å². The maximum absolute atomic E-state index is 11.6. The molecule has 6 nitrogen and oxygen atoms in total. The smallest absolute Gasteiger partial charge is 0.221 e. The zero-order valence-electron chi connectivity index (χ0n) is 10.3. The van der Waals surface area contributed by atoms with Crippen molar-refractivity contribution in [1.82, 2.24) is 14.9 Å². The van der Waals surface area contributed by atoms with Gasteiger partial charge in [0.2, 0.25) is 5.91 Å². The van der Waals surface area contributed by atoms with Crippen LogP contribution in [0.2, 0.25) is 0 Å². The van der Waals surface area contributed by atoms with E-state index in [1.807, 2.05) is 10.8 Å². The number of hydrogen-bond acceptors (Lipinski definition) is 4. The monoisotopic (exact) mass is 253 g/mol. The lowest BCUT2D eigenvalue weighted by molar-refractivity contribution is -0.124. The summed E-state index contributed by atoms with van der Waals surface area (Å²) in [6.45, 7) is 2.02. The fourth-order valence-corrected chi connectivity index (χ4v) is 1.93. The molecule has 1 aromatic rings. The number of carbonyl (C=O) groups excluding carboxylic acids is 1. The molecule has 0 bridgehead atoms. The molecule has 0 saturated carbocycles. The second-order valence-corrected chi connectivity index (χ2v) is 4.66. The highest BCUT2D eigenvalue weighted by Crippen LogP contribution is 2.19. The second kappa shape index (κ2) is 5.97. The SMILES string of the molecule is O=C(CCn1ccnc1)NCC1(O)CCOCC1. The van der Waals surface area contributed by atoms with Gasteiger partial charge in [-0.3, -0.25) is 4.79 Å². The first-order chi connectivity index (χ1) is 8.68. The van der Waals surface area contributed by atoms with Gasteiger partial charge in [-0.05, 0) is 0 Å². The van der Waals surface area contributed by atoms with Crippen LogP contribution in [0.4, 0.5) is 0 Å². The van der Waals surface area contributed by atoms with Crippen molar-refractivity contribution in [2.45, 2.75) is 31.4 Å². The molecule has 6 heteroatoms. The number of aliphatic hydroxyl groups is 1. The van der Waals surface area contributed by atoms with Crippen molar-refractivity contribution < 1.29 is 14.6 Å². The van der Waals surface area contributed by atoms with Gasteiger partial charge >= 0.3 is 0 Å². The van der Waals surface area contributed by atoms with Crippen LogP contribution < -0.4 is 5.32 Å². The molecular formula is C12H19N3O3. The van der Waals surface area contributed by atoms with Crippen LogP contribution in [-0.2, 0) is 16.1 Å². The van der Waals surface area contributed by atoms with Gasteiger partial charge in [0.15, 0.2) is 0 Å². The number of hydrogen-bond donors (Lipinski definition) is 2. The molecule has 2 N–H and O–H groups in total. The van der Waals surface area contributed by atoms with Gasteiger partial charge in [-0.15, -0.1) is 0 Å². The van der Waals surface area contributed by atoms with Crippen LogP contribution in [0.25, 0.3) is 0 Å². The zero-order chi connectivity index (χ0) is 12.8. The molecule has 100 valence electrons. The van der Waals surface area contributed by atoms with Crippen LogP contribution in [-0.4, -0.2) is 45.9 Å². The third-order valence-corrected chi connectivity index (χ3v) is 3.19. The maximum Gasteiger partial charge on any atom is 0.221 e. The first kappa shape index (κ1) is 13.0. The van der Waals surface area contributed by atoms with Crippen LogP contribution in [0.15, 0.2) is 18.7 Å². The van der Waals surface area contributed by atoms with Crippen molar-refractivity contribution in [2.24, 2.45) is 0 Å². The molecule has 1 fully saturated rings. The van der Waals surface area contributed by atoms with Crippen molar-refractivity contribution in [2.75, 3.05) is 19.8 Å². The Labute approximate surface area is 106 Å². The molecule has 18 heavy (non-hydrogen) atoms. The van der Waals surface area contributed by atoms with Crippen molar-refractivity contribution in [3.05, 3.63) is 18.7 Å². The van der Waals surface area contributed by atoms with Crippen molar-refractivity contribution in [3.8, 4) is 0 Å². The Bertz CT molecular complexity index is 372. The molecule has 1 amide bonds. The third kappa shape index (κ3) is 3.82. The molecule has 1 aliphatic rings. The van der Waals surface area contributed by atoms with E-state index in [0.29, 0.717) is 45.6 Å². The van der Waals surface area contributed by atoms with Crippen LogP contribution in [0, 0.1) is 0 Å². The summed E-state index contributed by atoms with van der Waals surface area (Å²) in [7, 11) is 0. The minimum atomic E-state index is -0.803. The fourth-order valence-electron chi connectivity index (χ4n) is 1.93. The molecule has 0 atom stereocenters. The third-order valence-electron chi connectivity index (χ3n) is 3.19. The van der Waals surface area contributed by atoms with E-state index in [-0.39, 0.29) is 5.91 Å². The Hall–Kier alpha value is -1.40. The maximum atomic E-state index is 11.6. The second-order valence-electron chi connectivity index (χ2n) is 4.66. The van der Waals surface area contributed by atoms with Gasteiger partial charge in [0.25, 0.3) is 0 Å². The summed E-state index contributed by atoms with van der Waals surface area (Å²) in [4.78, 5) is 15.5. The van der Waals surface area contributed by atoms with Crippen LogP contribution in [0.5, 0.6) is 0 Å². The van der Waals surface area contributed by atoms with Crippen LogP contribution in [0.1, 0.15) is 19.3 Å². The largest absolute Gasteiger partial charge is 0.388 e. The molecule has 0 aromatic carbocycles. The highest BCUT2D eigenvalue weighted by Gasteiger charge is 2.29. The number of amides is 1. The average Bonchev–Trinajstić information content (AvgIpc) is 2.88. The molecule has 2 rings (SSSR count). The summed E-state index contributed by atoms with van der Waals surface area (Å²) in [5, 5.41) is 12.9. The molecule has 0 radical (unpaired) electrons. The van der Waals surface area contributed by atoms with Gasteiger partial charge < -0.3 is 19.7 Å². The number of rotatable bonds is 5. The topological polar surface area (TPSA) is 76.4 Å². The summed E-state index contributed by atoms with van der Waals surface area (Å²) in [6.07, 6.45) is 6.73. The Morgan fingerprint density at radius 3 is 2.94 bits per heavy atom. The lowest BCUT2D eigenvalue weighted by atomic mass is 9.94. The lowest BCUT2D eigenvalue weighted by Crippen LogP contribution is -2.46. The number of imidazole rings is 1. The molecular weight excluding hydrogens is 234 g/mol. The van der Waals surface area contributed by atoms with Crippen LogP contribution >= 0.6 is 0 Å². The Balaban J connectivity index is 1.68. The Kier molecular flexibility index (Phi) is 4.33. The molecule has 1 aliphatic heterocycles. The number of aryl methyl sites for hydroxylation is 1. The molecule has 0 spiro atoms. The van der Waals surface area contributed by atoms with E-state index in [9.17, 15) is 9.90 Å². The molecule has 0 unspecified atom stereocenters. The van der Waals surface area contributed by atoms with Gasteiger partial charge in [0, 0.05) is 58.0 Å². The zero-order valence-corrected chi connectivity index (χ0v) is 10.3. The minimum Gasteiger partial charge on any atom is -0.388 e. The Morgan fingerprint density at radius 1 is 1.50 bits per heavy atom. The van der Waals surface area contributed by atoms with E-state index in [2.05, 4.69) is 10.3 Å². The summed E-state index contributed by atoms with van der Waals surface area (Å²) in [6, 6.07) is 0. The van der Waals surface area contributed by atoms with Gasteiger partial charge in [0.05, 0.1) is 11.9 Å². The van der Waals surface area contributed by atoms with E-state index < -0.39 is 5.60 Å². The standard InChI is InChI=1S/C12H19N3O3/c16-11(1-5-15-6-4-13-10-15)14-9-12(17)2-7-18-8-3-12/h4,6,10,17H,1-3,5,7-9H2,(H,14,16). The van der Waals surface area contributed by atoms with Gasteiger partial charge in [-0.2, -0.15) is 0 Å². The van der Waals surface area contributed by atoms with E-state index in [1.165, 1.54) is 0 Å². The summed E-state index contributed by atoms with van der Waals surface area (Å²) >= 11 is 0. The predicted molar refractivity (Wildman–Crippen MR) is 64.9 cm³/mol. The first-order valence-corrected chi connectivity index (χ1v) is 6.21. The molecule has 0 aliphatic carbocycles. The van der Waals surface area contributed by atoms with Crippen molar-refractivity contribution in [3.63, 3.8) is 0 Å².